The van der Waals surface area contributed by atoms with Crippen molar-refractivity contribution in [3.63, 3.8) is 0 Å². The number of hydrogen-bond acceptors (Lipinski definition) is 5. The summed E-state index contributed by atoms with van der Waals surface area (Å²) < 4.78 is 0.210. The van der Waals surface area contributed by atoms with Crippen LogP contribution < -0.4 is 5.73 Å². The van der Waals surface area contributed by atoms with Crippen LogP contribution in [0, 0.1) is 5.41 Å². The number of rotatable bonds is 6. The largest absolute Gasteiger partial charge is 0.506 e. The van der Waals surface area contributed by atoms with Crippen molar-refractivity contribution in [3.8, 4) is 17.1 Å². The fraction of sp³-hybridized carbons (Fsp3) is 0.111. The van der Waals surface area contributed by atoms with Gasteiger partial charge in [-0.1, -0.05) is 0 Å². The van der Waals surface area contributed by atoms with E-state index < -0.39 is 24.3 Å². The molecule has 0 spiro atoms. The molecule has 28 heavy (non-hydrogen) atoms. The number of carboxylic acid groups (broad SMARTS) is 2. The Balaban J connectivity index is 2.14. The predicted molar refractivity (Wildman–Crippen MR) is 105 cm³/mol. The molecule has 0 aliphatic carbocycles. The zero-order chi connectivity index (χ0) is 20.6. The number of phenols is 1. The monoisotopic (exact) mass is 446 g/mol. The number of aromatic hydroxyl groups is 1. The van der Waals surface area contributed by atoms with Gasteiger partial charge < -0.3 is 26.0 Å². The van der Waals surface area contributed by atoms with Crippen LogP contribution in [-0.4, -0.2) is 43.1 Å². The molecule has 0 aliphatic rings. The molecule has 7 N–H and O–H groups in total. The number of carboxylic acids is 2. The van der Waals surface area contributed by atoms with Crippen LogP contribution in [0.2, 0.25) is 0 Å². The number of amidine groups is 1. The molecule has 10 heteroatoms. The van der Waals surface area contributed by atoms with Gasteiger partial charge in [0.15, 0.2) is 0 Å². The molecular formula is C18H15BrN4O5. The van der Waals surface area contributed by atoms with Crippen LogP contribution in [0.15, 0.2) is 34.8 Å². The molecule has 3 aromatic rings. The number of carbonyl (C=O) groups is 2. The topological polar surface area (TPSA) is 173 Å². The number of aromatic nitrogens is 2. The highest BCUT2D eigenvalue weighted by Gasteiger charge is 2.26. The SMILES string of the molecule is N=C(N)c1ccc2nc(-c3cc([C@@H](CC(=O)O)C(=O)O)cc(Br)c3O)[nH]c2c1. The van der Waals surface area contributed by atoms with E-state index in [9.17, 15) is 19.8 Å². The lowest BCUT2D eigenvalue weighted by molar-refractivity contribution is -0.145. The molecule has 1 atom stereocenters. The zero-order valence-corrected chi connectivity index (χ0v) is 15.8. The zero-order valence-electron chi connectivity index (χ0n) is 14.2. The number of nitrogens with one attached hydrogen (secondary N) is 2. The number of hydrogen-bond donors (Lipinski definition) is 6. The first kappa shape index (κ1) is 19.4. The smallest absolute Gasteiger partial charge is 0.311 e. The molecule has 0 radical (unpaired) electrons. The Morgan fingerprint density at radius 3 is 2.57 bits per heavy atom. The van der Waals surface area contributed by atoms with Gasteiger partial charge in [-0.3, -0.25) is 15.0 Å². The summed E-state index contributed by atoms with van der Waals surface area (Å²) in [5, 5.41) is 36.3. The number of benzene rings is 2. The highest BCUT2D eigenvalue weighted by molar-refractivity contribution is 9.10. The number of nitrogens with zero attached hydrogens (tertiary/aromatic N) is 1. The summed E-state index contributed by atoms with van der Waals surface area (Å²) in [6, 6.07) is 7.69. The molecule has 0 bridgehead atoms. The molecule has 1 heterocycles. The average Bonchev–Trinajstić information content (AvgIpc) is 3.04. The molecule has 0 amide bonds. The standard InChI is InChI=1S/C18H15BrN4O5/c19-11-4-8(9(18(27)28)6-14(24)25)3-10(15(11)26)17-22-12-2-1-7(16(20)21)5-13(12)23-17/h1-5,9,26H,6H2,(H3,20,21)(H,22,23)(H,24,25)(H,27,28)/t9-/m1/s1. The van der Waals surface area contributed by atoms with Crippen LogP contribution in [0.1, 0.15) is 23.5 Å². The summed E-state index contributed by atoms with van der Waals surface area (Å²) in [6.45, 7) is 0. The number of aromatic amines is 1. The second-order valence-corrected chi connectivity index (χ2v) is 6.97. The molecule has 2 aromatic carbocycles. The van der Waals surface area contributed by atoms with Gasteiger partial charge in [0.25, 0.3) is 0 Å². The van der Waals surface area contributed by atoms with Crippen molar-refractivity contribution in [1.82, 2.24) is 9.97 Å². The number of nitrogens with two attached hydrogens (primary N) is 1. The van der Waals surface area contributed by atoms with E-state index in [1.807, 2.05) is 0 Å². The average molecular weight is 447 g/mol. The van der Waals surface area contributed by atoms with Crippen molar-refractivity contribution in [2.75, 3.05) is 0 Å². The van der Waals surface area contributed by atoms with Crippen molar-refractivity contribution in [1.29, 1.82) is 5.41 Å². The Kier molecular flexibility index (Phi) is 5.06. The first-order valence-corrected chi connectivity index (χ1v) is 8.78. The minimum Gasteiger partial charge on any atom is -0.506 e. The number of H-pyrrole nitrogens is 1. The van der Waals surface area contributed by atoms with E-state index in [2.05, 4.69) is 25.9 Å². The van der Waals surface area contributed by atoms with E-state index in [1.54, 1.807) is 18.2 Å². The van der Waals surface area contributed by atoms with Gasteiger partial charge >= 0.3 is 11.9 Å². The maximum Gasteiger partial charge on any atom is 0.311 e. The lowest BCUT2D eigenvalue weighted by atomic mass is 9.94. The van der Waals surface area contributed by atoms with Crippen LogP contribution >= 0.6 is 15.9 Å². The van der Waals surface area contributed by atoms with E-state index in [-0.39, 0.29) is 33.0 Å². The van der Waals surface area contributed by atoms with Gasteiger partial charge in [-0.2, -0.15) is 0 Å². The van der Waals surface area contributed by atoms with Gasteiger partial charge in [0.05, 0.1) is 33.4 Å². The van der Waals surface area contributed by atoms with Gasteiger partial charge in [-0.05, 0) is 51.8 Å². The lowest BCUT2D eigenvalue weighted by Crippen LogP contribution is -2.16. The van der Waals surface area contributed by atoms with E-state index in [0.717, 1.165) is 0 Å². The van der Waals surface area contributed by atoms with Crippen LogP contribution in [0.3, 0.4) is 0 Å². The maximum atomic E-state index is 11.5. The second kappa shape index (κ2) is 7.31. The number of phenolic OH excluding ortho intramolecular Hbond substituents is 1. The number of fused-ring (bicyclic) bond motifs is 1. The second-order valence-electron chi connectivity index (χ2n) is 6.12. The Labute approximate surface area is 166 Å². The first-order chi connectivity index (χ1) is 13.2. The third kappa shape index (κ3) is 3.67. The Morgan fingerprint density at radius 1 is 1.25 bits per heavy atom. The third-order valence-corrected chi connectivity index (χ3v) is 4.82. The van der Waals surface area contributed by atoms with E-state index in [0.29, 0.717) is 16.6 Å². The van der Waals surface area contributed by atoms with Crippen LogP contribution in [-0.2, 0) is 9.59 Å². The quantitative estimate of drug-likeness (QED) is 0.249. The Morgan fingerprint density at radius 2 is 1.96 bits per heavy atom. The molecule has 0 aliphatic heterocycles. The molecule has 3 rings (SSSR count). The van der Waals surface area contributed by atoms with Gasteiger partial charge in [0, 0.05) is 5.56 Å². The van der Waals surface area contributed by atoms with Crippen molar-refractivity contribution in [3.05, 3.63) is 45.9 Å². The summed E-state index contributed by atoms with van der Waals surface area (Å²) in [6.07, 6.45) is -0.603. The number of imidazole rings is 1. The maximum absolute atomic E-state index is 11.5. The number of nitrogen functional groups attached to an aromatic ring is 1. The minimum atomic E-state index is -1.29. The number of aliphatic carboxylic acids is 2. The van der Waals surface area contributed by atoms with Crippen molar-refractivity contribution < 1.29 is 24.9 Å². The van der Waals surface area contributed by atoms with Gasteiger partial charge in [0.1, 0.15) is 17.4 Å². The highest BCUT2D eigenvalue weighted by Crippen LogP contribution is 2.38. The summed E-state index contributed by atoms with van der Waals surface area (Å²) in [7, 11) is 0. The Bertz CT molecular complexity index is 1120. The fourth-order valence-electron chi connectivity index (χ4n) is 2.83. The molecule has 1 aromatic heterocycles. The van der Waals surface area contributed by atoms with E-state index in [4.69, 9.17) is 16.2 Å². The summed E-state index contributed by atoms with van der Waals surface area (Å²) in [5.74, 6) is -3.85. The van der Waals surface area contributed by atoms with Crippen molar-refractivity contribution >= 4 is 44.7 Å². The van der Waals surface area contributed by atoms with Crippen molar-refractivity contribution in [2.45, 2.75) is 12.3 Å². The molecule has 0 unspecified atom stereocenters. The third-order valence-electron chi connectivity index (χ3n) is 4.21. The fourth-order valence-corrected chi connectivity index (χ4v) is 3.31. The van der Waals surface area contributed by atoms with Gasteiger partial charge in [-0.15, -0.1) is 0 Å². The predicted octanol–water partition coefficient (Wildman–Crippen LogP) is 2.62. The van der Waals surface area contributed by atoms with Gasteiger partial charge in [0.2, 0.25) is 0 Å². The first-order valence-electron chi connectivity index (χ1n) is 7.99. The van der Waals surface area contributed by atoms with Crippen molar-refractivity contribution in [2.24, 2.45) is 5.73 Å². The van der Waals surface area contributed by atoms with Crippen LogP contribution in [0.5, 0.6) is 5.75 Å². The van der Waals surface area contributed by atoms with E-state index in [1.165, 1.54) is 12.1 Å². The molecule has 0 fully saturated rings. The normalized spacial score (nSPS) is 12.0. The molecular weight excluding hydrogens is 432 g/mol. The summed E-state index contributed by atoms with van der Waals surface area (Å²) in [4.78, 5) is 29.9. The van der Waals surface area contributed by atoms with Gasteiger partial charge in [-0.25, -0.2) is 4.98 Å². The molecule has 0 saturated heterocycles. The summed E-state index contributed by atoms with van der Waals surface area (Å²) >= 11 is 3.18. The lowest BCUT2D eigenvalue weighted by Gasteiger charge is -2.13. The minimum absolute atomic E-state index is 0.108. The van der Waals surface area contributed by atoms with Crippen LogP contribution in [0.25, 0.3) is 22.4 Å². The van der Waals surface area contributed by atoms with Crippen LogP contribution in [0.4, 0.5) is 0 Å². The number of halogens is 1. The summed E-state index contributed by atoms with van der Waals surface area (Å²) in [5.41, 5.74) is 7.53. The Hall–Kier alpha value is -3.40. The molecule has 9 nitrogen and oxygen atoms in total. The molecule has 144 valence electrons. The van der Waals surface area contributed by atoms with E-state index >= 15 is 0 Å². The molecule has 0 saturated carbocycles. The highest BCUT2D eigenvalue weighted by atomic mass is 79.9.